The SMILES string of the molecule is Cc1[nH]ncc1-c1nc2ccsc2c(=O)[nH]1.Cc1[nH]ncc1-c1nc2ccsc2c(=O)[nH]1.O. The Bertz CT molecular complexity index is 1550. The van der Waals surface area contributed by atoms with Crippen LogP contribution in [0.15, 0.2) is 44.9 Å². The van der Waals surface area contributed by atoms with E-state index in [9.17, 15) is 9.59 Å². The molecule has 0 atom stereocenters. The number of aromatic amines is 4. The molecular formula is C20H18N8O3S2. The molecule has 0 aliphatic rings. The molecule has 6 rings (SSSR count). The van der Waals surface area contributed by atoms with Gasteiger partial charge in [0, 0.05) is 11.4 Å². The highest BCUT2D eigenvalue weighted by Gasteiger charge is 2.11. The molecule has 6 N–H and O–H groups in total. The highest BCUT2D eigenvalue weighted by molar-refractivity contribution is 7.17. The minimum absolute atomic E-state index is 0. The first-order valence-electron chi connectivity index (χ1n) is 9.47. The van der Waals surface area contributed by atoms with Gasteiger partial charge >= 0.3 is 0 Å². The van der Waals surface area contributed by atoms with Gasteiger partial charge in [-0.3, -0.25) is 19.8 Å². The van der Waals surface area contributed by atoms with Crippen molar-refractivity contribution in [2.45, 2.75) is 13.8 Å². The van der Waals surface area contributed by atoms with E-state index >= 15 is 0 Å². The van der Waals surface area contributed by atoms with Crippen LogP contribution in [0.5, 0.6) is 0 Å². The van der Waals surface area contributed by atoms with Crippen molar-refractivity contribution < 1.29 is 5.48 Å². The minimum atomic E-state index is -0.101. The third-order valence-corrected chi connectivity index (χ3v) is 6.60. The van der Waals surface area contributed by atoms with Crippen LogP contribution < -0.4 is 11.1 Å². The normalized spacial score (nSPS) is 10.7. The van der Waals surface area contributed by atoms with Gasteiger partial charge in [-0.15, -0.1) is 22.7 Å². The van der Waals surface area contributed by atoms with Crippen molar-refractivity contribution in [1.29, 1.82) is 0 Å². The summed E-state index contributed by atoms with van der Waals surface area (Å²) in [5, 5.41) is 17.2. The van der Waals surface area contributed by atoms with Crippen molar-refractivity contribution in [3.05, 3.63) is 67.4 Å². The van der Waals surface area contributed by atoms with Gasteiger partial charge in [0.1, 0.15) is 21.0 Å². The van der Waals surface area contributed by atoms with Gasteiger partial charge in [0.05, 0.1) is 34.6 Å². The summed E-state index contributed by atoms with van der Waals surface area (Å²) in [6, 6.07) is 3.68. The number of hydrogen-bond donors (Lipinski definition) is 4. The highest BCUT2D eigenvalue weighted by atomic mass is 32.1. The lowest BCUT2D eigenvalue weighted by Gasteiger charge is -1.98. The van der Waals surface area contributed by atoms with Crippen LogP contribution in [0.4, 0.5) is 0 Å². The molecule has 0 amide bonds. The van der Waals surface area contributed by atoms with Crippen LogP contribution in [0.3, 0.4) is 0 Å². The standard InChI is InChI=1S/2C10H8N4OS.H2O/c2*1-5-6(4-11-14-5)9-12-7-2-3-16-8(7)10(15)13-9;/h2*2-4H,1H3,(H,11,14)(H,12,13,15);1H2. The molecule has 0 bridgehead atoms. The summed E-state index contributed by atoms with van der Waals surface area (Å²) < 4.78 is 1.31. The Balaban J connectivity index is 0.000000152. The van der Waals surface area contributed by atoms with Crippen LogP contribution in [0.1, 0.15) is 11.4 Å². The van der Waals surface area contributed by atoms with E-state index in [1.807, 2.05) is 36.7 Å². The fraction of sp³-hybridized carbons (Fsp3) is 0.100. The van der Waals surface area contributed by atoms with Gasteiger partial charge < -0.3 is 15.4 Å². The first-order chi connectivity index (χ1) is 15.5. The van der Waals surface area contributed by atoms with E-state index in [0.717, 1.165) is 33.5 Å². The number of aromatic nitrogens is 8. The van der Waals surface area contributed by atoms with Crippen molar-refractivity contribution in [2.24, 2.45) is 0 Å². The summed E-state index contributed by atoms with van der Waals surface area (Å²) in [7, 11) is 0. The second-order valence-electron chi connectivity index (χ2n) is 6.92. The molecular weight excluding hydrogens is 464 g/mol. The largest absolute Gasteiger partial charge is 0.412 e. The van der Waals surface area contributed by atoms with Crippen LogP contribution in [0.2, 0.25) is 0 Å². The van der Waals surface area contributed by atoms with Crippen LogP contribution in [-0.4, -0.2) is 45.8 Å². The molecule has 168 valence electrons. The Kier molecular flexibility index (Phi) is 6.00. The molecule has 0 unspecified atom stereocenters. The molecule has 0 aromatic carbocycles. The first-order valence-corrected chi connectivity index (χ1v) is 11.2. The number of nitrogens with zero attached hydrogens (tertiary/aromatic N) is 4. The van der Waals surface area contributed by atoms with Gasteiger partial charge in [-0.2, -0.15) is 10.2 Å². The van der Waals surface area contributed by atoms with Gasteiger partial charge in [-0.25, -0.2) is 9.97 Å². The molecule has 0 saturated carbocycles. The van der Waals surface area contributed by atoms with Gasteiger partial charge in [0.2, 0.25) is 0 Å². The fourth-order valence-electron chi connectivity index (χ4n) is 3.18. The van der Waals surface area contributed by atoms with Crippen LogP contribution in [0.25, 0.3) is 43.2 Å². The lowest BCUT2D eigenvalue weighted by molar-refractivity contribution is 0.824. The zero-order valence-corrected chi connectivity index (χ0v) is 19.0. The van der Waals surface area contributed by atoms with E-state index in [4.69, 9.17) is 0 Å². The molecule has 6 aromatic heterocycles. The van der Waals surface area contributed by atoms with E-state index in [0.29, 0.717) is 21.0 Å². The van der Waals surface area contributed by atoms with Crippen molar-refractivity contribution in [2.75, 3.05) is 0 Å². The van der Waals surface area contributed by atoms with E-state index < -0.39 is 0 Å². The molecule has 13 heteroatoms. The third kappa shape index (κ3) is 4.11. The third-order valence-electron chi connectivity index (χ3n) is 4.80. The molecule has 6 aromatic rings. The zero-order chi connectivity index (χ0) is 22.2. The Hall–Kier alpha value is -3.94. The monoisotopic (exact) mass is 482 g/mol. The highest BCUT2D eigenvalue weighted by Crippen LogP contribution is 2.21. The maximum absolute atomic E-state index is 11.8. The smallest absolute Gasteiger partial charge is 0.269 e. The summed E-state index contributed by atoms with van der Waals surface area (Å²) >= 11 is 2.79. The second-order valence-corrected chi connectivity index (χ2v) is 8.75. The quantitative estimate of drug-likeness (QED) is 0.294. The fourth-order valence-corrected chi connectivity index (χ4v) is 4.63. The predicted octanol–water partition coefficient (Wildman–Crippen LogP) is 2.54. The van der Waals surface area contributed by atoms with Gasteiger partial charge in [-0.05, 0) is 36.7 Å². The summed E-state index contributed by atoms with van der Waals surface area (Å²) in [4.78, 5) is 37.8. The topological polar surface area (TPSA) is 180 Å². The van der Waals surface area contributed by atoms with E-state index in [2.05, 4.69) is 40.3 Å². The summed E-state index contributed by atoms with van der Waals surface area (Å²) in [6.45, 7) is 3.78. The molecule has 33 heavy (non-hydrogen) atoms. The summed E-state index contributed by atoms with van der Waals surface area (Å²) in [5.74, 6) is 1.12. The Morgan fingerprint density at radius 2 is 1.15 bits per heavy atom. The molecule has 11 nitrogen and oxygen atoms in total. The van der Waals surface area contributed by atoms with Crippen LogP contribution in [0, 0.1) is 13.8 Å². The molecule has 0 radical (unpaired) electrons. The molecule has 0 fully saturated rings. The number of fused-ring (bicyclic) bond motifs is 2. The molecule has 0 saturated heterocycles. The number of thiophene rings is 2. The molecule has 6 heterocycles. The molecule has 0 spiro atoms. The average molecular weight is 483 g/mol. The number of nitrogens with one attached hydrogen (secondary N) is 4. The number of aryl methyl sites for hydroxylation is 2. The Labute approximate surface area is 192 Å². The van der Waals surface area contributed by atoms with E-state index in [-0.39, 0.29) is 16.6 Å². The maximum Gasteiger partial charge on any atom is 0.269 e. The lowest BCUT2D eigenvalue weighted by atomic mass is 10.2. The Morgan fingerprint density at radius 1 is 0.727 bits per heavy atom. The molecule has 0 aliphatic heterocycles. The summed E-state index contributed by atoms with van der Waals surface area (Å²) in [5.41, 5.74) is 4.67. The van der Waals surface area contributed by atoms with Gasteiger partial charge in [0.15, 0.2) is 0 Å². The number of H-pyrrole nitrogens is 4. The van der Waals surface area contributed by atoms with Crippen molar-refractivity contribution in [3.63, 3.8) is 0 Å². The predicted molar refractivity (Wildman–Crippen MR) is 129 cm³/mol. The first kappa shape index (κ1) is 22.3. The van der Waals surface area contributed by atoms with E-state index in [1.54, 1.807) is 12.4 Å². The van der Waals surface area contributed by atoms with Gasteiger partial charge in [-0.1, -0.05) is 0 Å². The maximum atomic E-state index is 11.8. The van der Waals surface area contributed by atoms with Crippen LogP contribution in [-0.2, 0) is 0 Å². The Morgan fingerprint density at radius 3 is 1.52 bits per heavy atom. The van der Waals surface area contributed by atoms with Crippen molar-refractivity contribution in [3.8, 4) is 22.8 Å². The van der Waals surface area contributed by atoms with Crippen molar-refractivity contribution in [1.82, 2.24) is 40.3 Å². The second kappa shape index (κ2) is 8.90. The van der Waals surface area contributed by atoms with E-state index in [1.165, 1.54) is 22.7 Å². The number of hydrogen-bond acceptors (Lipinski definition) is 8. The van der Waals surface area contributed by atoms with Crippen LogP contribution >= 0.6 is 22.7 Å². The van der Waals surface area contributed by atoms with Gasteiger partial charge in [0.25, 0.3) is 11.1 Å². The molecule has 0 aliphatic carbocycles. The zero-order valence-electron chi connectivity index (χ0n) is 17.4. The average Bonchev–Trinajstić information content (AvgIpc) is 3.55. The van der Waals surface area contributed by atoms with Crippen molar-refractivity contribution >= 4 is 43.1 Å². The number of rotatable bonds is 2. The summed E-state index contributed by atoms with van der Waals surface area (Å²) in [6.07, 6.45) is 3.32. The minimum Gasteiger partial charge on any atom is -0.412 e. The lowest BCUT2D eigenvalue weighted by Crippen LogP contribution is -2.07.